The molecule has 0 unspecified atom stereocenters. The van der Waals surface area contributed by atoms with Gasteiger partial charge in [0.05, 0.1) is 22.9 Å². The van der Waals surface area contributed by atoms with E-state index in [-0.39, 0.29) is 11.6 Å². The van der Waals surface area contributed by atoms with Gasteiger partial charge in [0.15, 0.2) is 11.4 Å². The summed E-state index contributed by atoms with van der Waals surface area (Å²) in [6.45, 7) is 6.15. The lowest BCUT2D eigenvalue weighted by atomic mass is 10.1. The largest absolute Gasteiger partial charge is 0.502 e. The van der Waals surface area contributed by atoms with Crippen LogP contribution in [-0.4, -0.2) is 32.4 Å². The summed E-state index contributed by atoms with van der Waals surface area (Å²) in [5, 5.41) is 25.0. The molecule has 25 heavy (non-hydrogen) atoms. The summed E-state index contributed by atoms with van der Waals surface area (Å²) in [5.74, 6) is -0.920. The molecule has 0 spiro atoms. The van der Waals surface area contributed by atoms with Crippen molar-refractivity contribution in [2.45, 2.75) is 39.5 Å². The SMILES string of the molecule is CCCCOC(=O)c1cc(C(C)C)nn1-c1ccc(O)c([N+](=O)[O-])c1. The van der Waals surface area contributed by atoms with Crippen molar-refractivity contribution in [3.8, 4) is 11.4 Å². The lowest BCUT2D eigenvalue weighted by Gasteiger charge is -2.08. The molecule has 1 aromatic carbocycles. The molecule has 1 heterocycles. The van der Waals surface area contributed by atoms with Gasteiger partial charge in [0.2, 0.25) is 0 Å². The summed E-state index contributed by atoms with van der Waals surface area (Å²) in [7, 11) is 0. The molecular formula is C17H21N3O5. The highest BCUT2D eigenvalue weighted by Crippen LogP contribution is 2.29. The molecule has 0 saturated carbocycles. The molecular weight excluding hydrogens is 326 g/mol. The molecule has 1 aromatic heterocycles. The fourth-order valence-electron chi connectivity index (χ4n) is 2.20. The van der Waals surface area contributed by atoms with Gasteiger partial charge in [0.1, 0.15) is 0 Å². The molecule has 0 saturated heterocycles. The Balaban J connectivity index is 2.47. The van der Waals surface area contributed by atoms with Crippen molar-refractivity contribution in [2.75, 3.05) is 6.61 Å². The molecule has 2 aromatic rings. The number of unbranched alkanes of at least 4 members (excludes halogenated alkanes) is 1. The van der Waals surface area contributed by atoms with Crippen LogP contribution >= 0.6 is 0 Å². The standard InChI is InChI=1S/C17H21N3O5/c1-4-5-8-25-17(22)15-10-13(11(2)3)18-19(15)12-6-7-16(21)14(9-12)20(23)24/h6-7,9-11,21H,4-5,8H2,1-3H3. The average Bonchev–Trinajstić information content (AvgIpc) is 3.01. The summed E-state index contributed by atoms with van der Waals surface area (Å²) in [6.07, 6.45) is 1.65. The predicted molar refractivity (Wildman–Crippen MR) is 91.2 cm³/mol. The van der Waals surface area contributed by atoms with Gasteiger partial charge in [-0.05, 0) is 30.5 Å². The van der Waals surface area contributed by atoms with Crippen LogP contribution in [0.5, 0.6) is 5.75 Å². The maximum Gasteiger partial charge on any atom is 0.357 e. The van der Waals surface area contributed by atoms with Gasteiger partial charge in [0, 0.05) is 6.07 Å². The Morgan fingerprint density at radius 1 is 1.40 bits per heavy atom. The van der Waals surface area contributed by atoms with Crippen molar-refractivity contribution in [1.82, 2.24) is 9.78 Å². The smallest absolute Gasteiger partial charge is 0.357 e. The minimum absolute atomic E-state index is 0.0653. The average molecular weight is 347 g/mol. The molecule has 0 bridgehead atoms. The van der Waals surface area contributed by atoms with E-state index in [1.54, 1.807) is 6.07 Å². The monoisotopic (exact) mass is 347 g/mol. The maximum atomic E-state index is 12.4. The summed E-state index contributed by atoms with van der Waals surface area (Å²) in [4.78, 5) is 22.7. The maximum absolute atomic E-state index is 12.4. The Kier molecular flexibility index (Phi) is 5.74. The number of aromatic nitrogens is 2. The number of ether oxygens (including phenoxy) is 1. The highest BCUT2D eigenvalue weighted by Gasteiger charge is 2.22. The number of nitrogens with zero attached hydrogens (tertiary/aromatic N) is 3. The quantitative estimate of drug-likeness (QED) is 0.355. The van der Waals surface area contributed by atoms with Crippen LogP contribution in [-0.2, 0) is 4.74 Å². The zero-order valence-electron chi connectivity index (χ0n) is 14.4. The van der Waals surface area contributed by atoms with Gasteiger partial charge in [-0.1, -0.05) is 27.2 Å². The Bertz CT molecular complexity index is 783. The number of rotatable bonds is 7. The lowest BCUT2D eigenvalue weighted by Crippen LogP contribution is -2.13. The Morgan fingerprint density at radius 2 is 2.12 bits per heavy atom. The van der Waals surface area contributed by atoms with Gasteiger partial charge in [-0.3, -0.25) is 10.1 Å². The molecule has 8 nitrogen and oxygen atoms in total. The van der Waals surface area contributed by atoms with Crippen LogP contribution in [0.25, 0.3) is 5.69 Å². The number of nitro groups is 1. The third-order valence-corrected chi connectivity index (χ3v) is 3.66. The van der Waals surface area contributed by atoms with E-state index in [9.17, 15) is 20.0 Å². The summed E-state index contributed by atoms with van der Waals surface area (Å²) >= 11 is 0. The summed E-state index contributed by atoms with van der Waals surface area (Å²) in [6, 6.07) is 5.46. The van der Waals surface area contributed by atoms with E-state index < -0.39 is 22.3 Å². The number of nitro benzene ring substituents is 1. The summed E-state index contributed by atoms with van der Waals surface area (Å²) < 4.78 is 6.56. The van der Waals surface area contributed by atoms with Gasteiger partial charge in [-0.25, -0.2) is 9.48 Å². The normalized spacial score (nSPS) is 10.9. The van der Waals surface area contributed by atoms with Gasteiger partial charge >= 0.3 is 11.7 Å². The van der Waals surface area contributed by atoms with Crippen molar-refractivity contribution < 1.29 is 19.6 Å². The second kappa shape index (κ2) is 7.78. The number of benzene rings is 1. The van der Waals surface area contributed by atoms with Gasteiger partial charge in [-0.2, -0.15) is 5.10 Å². The van der Waals surface area contributed by atoms with Gasteiger partial charge in [-0.15, -0.1) is 0 Å². The number of phenols is 1. The third kappa shape index (κ3) is 4.14. The molecule has 0 radical (unpaired) electrons. The third-order valence-electron chi connectivity index (χ3n) is 3.66. The molecule has 0 amide bonds. The number of aromatic hydroxyl groups is 1. The molecule has 0 aliphatic carbocycles. The van der Waals surface area contributed by atoms with Crippen molar-refractivity contribution in [3.05, 3.63) is 45.8 Å². The van der Waals surface area contributed by atoms with E-state index in [0.717, 1.165) is 12.8 Å². The zero-order chi connectivity index (χ0) is 18.6. The molecule has 1 N–H and O–H groups in total. The second-order valence-corrected chi connectivity index (χ2v) is 5.94. The van der Waals surface area contributed by atoms with Crippen LogP contribution in [0.15, 0.2) is 24.3 Å². The first-order chi connectivity index (χ1) is 11.8. The number of hydrogen-bond acceptors (Lipinski definition) is 6. The first kappa shape index (κ1) is 18.4. The van der Waals surface area contributed by atoms with E-state index in [1.807, 2.05) is 20.8 Å². The van der Waals surface area contributed by atoms with Crippen LogP contribution in [0.4, 0.5) is 5.69 Å². The Hall–Kier alpha value is -2.90. The van der Waals surface area contributed by atoms with Crippen LogP contribution in [0.2, 0.25) is 0 Å². The van der Waals surface area contributed by atoms with E-state index >= 15 is 0 Å². The Morgan fingerprint density at radius 3 is 2.72 bits per heavy atom. The topological polar surface area (TPSA) is 107 Å². The van der Waals surface area contributed by atoms with E-state index in [1.165, 1.54) is 22.9 Å². The van der Waals surface area contributed by atoms with Crippen molar-refractivity contribution in [3.63, 3.8) is 0 Å². The number of carbonyl (C=O) groups excluding carboxylic acids is 1. The molecule has 134 valence electrons. The molecule has 0 aliphatic heterocycles. The molecule has 8 heteroatoms. The van der Waals surface area contributed by atoms with E-state index in [2.05, 4.69) is 5.10 Å². The van der Waals surface area contributed by atoms with E-state index in [0.29, 0.717) is 18.0 Å². The first-order valence-electron chi connectivity index (χ1n) is 8.10. The molecule has 2 rings (SSSR count). The fourth-order valence-corrected chi connectivity index (χ4v) is 2.20. The number of carbonyl (C=O) groups is 1. The van der Waals surface area contributed by atoms with Crippen LogP contribution in [0, 0.1) is 10.1 Å². The lowest BCUT2D eigenvalue weighted by molar-refractivity contribution is -0.385. The summed E-state index contributed by atoms with van der Waals surface area (Å²) in [5.41, 5.74) is 0.709. The van der Waals surface area contributed by atoms with Crippen LogP contribution in [0.3, 0.4) is 0 Å². The minimum Gasteiger partial charge on any atom is -0.502 e. The molecule has 0 aliphatic rings. The van der Waals surface area contributed by atoms with Crippen molar-refractivity contribution in [1.29, 1.82) is 0 Å². The molecule has 0 fully saturated rings. The first-order valence-corrected chi connectivity index (χ1v) is 8.10. The number of esters is 1. The number of hydrogen-bond donors (Lipinski definition) is 1. The predicted octanol–water partition coefficient (Wildman–Crippen LogP) is 3.57. The fraction of sp³-hybridized carbons (Fsp3) is 0.412. The van der Waals surface area contributed by atoms with Gasteiger partial charge in [0.25, 0.3) is 0 Å². The highest BCUT2D eigenvalue weighted by atomic mass is 16.6. The van der Waals surface area contributed by atoms with Crippen LogP contribution in [0.1, 0.15) is 55.7 Å². The zero-order valence-corrected chi connectivity index (χ0v) is 14.4. The van der Waals surface area contributed by atoms with E-state index in [4.69, 9.17) is 4.74 Å². The van der Waals surface area contributed by atoms with Gasteiger partial charge < -0.3 is 9.84 Å². The second-order valence-electron chi connectivity index (χ2n) is 5.94. The van der Waals surface area contributed by atoms with Crippen molar-refractivity contribution >= 4 is 11.7 Å². The van der Waals surface area contributed by atoms with Crippen LogP contribution < -0.4 is 0 Å². The van der Waals surface area contributed by atoms with Crippen molar-refractivity contribution in [2.24, 2.45) is 0 Å². The minimum atomic E-state index is -0.690. The number of phenolic OH excluding ortho intramolecular Hbond substituents is 1. The molecule has 0 atom stereocenters. The highest BCUT2D eigenvalue weighted by molar-refractivity contribution is 5.88. The Labute approximate surface area is 145 Å².